The number of nitrogen functional groups attached to an aromatic ring is 1. The Hall–Kier alpha value is -1.42. The molecule has 0 heterocycles. The monoisotopic (exact) mass is 241 g/mol. The Bertz CT molecular complexity index is 381. The first kappa shape index (κ1) is 12.6. The predicted octanol–water partition coefficient (Wildman–Crippen LogP) is 1.49. The number of anilines is 2. The minimum absolute atomic E-state index is 0.00690. The van der Waals surface area contributed by atoms with Crippen LogP contribution in [0.1, 0.15) is 6.42 Å². The Kier molecular flexibility index (Phi) is 4.43. The molecule has 0 bridgehead atoms. The van der Waals surface area contributed by atoms with Crippen LogP contribution in [0.3, 0.4) is 0 Å². The molecule has 0 spiro atoms. The molecule has 1 rings (SSSR count). The molecule has 0 atom stereocenters. The fourth-order valence-electron chi connectivity index (χ4n) is 1.37. The SMILES string of the molecule is CNC(=O)CCN(C)c1cccc(Cl)c1N. The van der Waals surface area contributed by atoms with Crippen LogP contribution in [-0.4, -0.2) is 26.5 Å². The third-order valence-electron chi connectivity index (χ3n) is 2.39. The highest BCUT2D eigenvalue weighted by Crippen LogP contribution is 2.29. The van der Waals surface area contributed by atoms with Gasteiger partial charge in [0.15, 0.2) is 0 Å². The second-order valence-corrected chi connectivity index (χ2v) is 3.92. The Morgan fingerprint density at radius 3 is 2.88 bits per heavy atom. The molecule has 88 valence electrons. The molecule has 0 aliphatic heterocycles. The number of carbonyl (C=O) groups is 1. The number of carbonyl (C=O) groups excluding carboxylic acids is 1. The van der Waals surface area contributed by atoms with Crippen molar-refractivity contribution >= 4 is 28.9 Å². The summed E-state index contributed by atoms with van der Waals surface area (Å²) in [6, 6.07) is 5.46. The van der Waals surface area contributed by atoms with Crippen LogP contribution in [0.25, 0.3) is 0 Å². The van der Waals surface area contributed by atoms with Crippen molar-refractivity contribution in [1.82, 2.24) is 5.32 Å². The van der Waals surface area contributed by atoms with Crippen molar-refractivity contribution in [2.75, 3.05) is 31.3 Å². The number of rotatable bonds is 4. The molecule has 0 aliphatic rings. The molecule has 0 saturated carbocycles. The second-order valence-electron chi connectivity index (χ2n) is 3.52. The average molecular weight is 242 g/mol. The minimum atomic E-state index is 0.00690. The summed E-state index contributed by atoms with van der Waals surface area (Å²) in [5.74, 6) is 0.00690. The lowest BCUT2D eigenvalue weighted by Crippen LogP contribution is -2.26. The van der Waals surface area contributed by atoms with Crippen LogP contribution in [0.4, 0.5) is 11.4 Å². The van der Waals surface area contributed by atoms with E-state index < -0.39 is 0 Å². The molecule has 5 heteroatoms. The molecule has 16 heavy (non-hydrogen) atoms. The fraction of sp³-hybridized carbons (Fsp3) is 0.364. The smallest absolute Gasteiger partial charge is 0.221 e. The number of amides is 1. The number of nitrogens with one attached hydrogen (secondary N) is 1. The van der Waals surface area contributed by atoms with E-state index in [1.165, 1.54) is 0 Å². The van der Waals surface area contributed by atoms with Gasteiger partial charge in [-0.3, -0.25) is 4.79 Å². The summed E-state index contributed by atoms with van der Waals surface area (Å²) in [6.07, 6.45) is 0.430. The molecular formula is C11H16ClN3O. The van der Waals surface area contributed by atoms with Gasteiger partial charge < -0.3 is 16.0 Å². The van der Waals surface area contributed by atoms with Crippen LogP contribution in [0.2, 0.25) is 5.02 Å². The van der Waals surface area contributed by atoms with Crippen molar-refractivity contribution in [3.05, 3.63) is 23.2 Å². The molecule has 0 radical (unpaired) electrons. The molecule has 1 amide bonds. The zero-order chi connectivity index (χ0) is 12.1. The molecule has 1 aromatic rings. The summed E-state index contributed by atoms with van der Waals surface area (Å²) >= 11 is 5.92. The maximum absolute atomic E-state index is 11.1. The van der Waals surface area contributed by atoms with E-state index in [1.807, 2.05) is 24.1 Å². The standard InChI is InChI=1S/C11H16ClN3O/c1-14-10(16)6-7-15(2)9-5-3-4-8(12)11(9)13/h3-5H,6-7,13H2,1-2H3,(H,14,16). The van der Waals surface area contributed by atoms with Crippen LogP contribution < -0.4 is 16.0 Å². The van der Waals surface area contributed by atoms with Gasteiger partial charge in [-0.2, -0.15) is 0 Å². The third kappa shape index (κ3) is 3.03. The Balaban J connectivity index is 2.69. The van der Waals surface area contributed by atoms with Crippen molar-refractivity contribution in [1.29, 1.82) is 0 Å². The van der Waals surface area contributed by atoms with E-state index in [0.717, 1.165) is 5.69 Å². The van der Waals surface area contributed by atoms with Crippen LogP contribution >= 0.6 is 11.6 Å². The third-order valence-corrected chi connectivity index (χ3v) is 2.72. The van der Waals surface area contributed by atoms with E-state index in [0.29, 0.717) is 23.7 Å². The highest BCUT2D eigenvalue weighted by molar-refractivity contribution is 6.33. The summed E-state index contributed by atoms with van der Waals surface area (Å²) < 4.78 is 0. The normalized spacial score (nSPS) is 9.94. The molecule has 0 unspecified atom stereocenters. The number of nitrogens with two attached hydrogens (primary N) is 1. The topological polar surface area (TPSA) is 58.4 Å². The Morgan fingerprint density at radius 2 is 2.25 bits per heavy atom. The van der Waals surface area contributed by atoms with Gasteiger partial charge in [0, 0.05) is 27.1 Å². The minimum Gasteiger partial charge on any atom is -0.396 e. The first-order valence-corrected chi connectivity index (χ1v) is 5.39. The summed E-state index contributed by atoms with van der Waals surface area (Å²) in [5.41, 5.74) is 7.24. The number of halogens is 1. The fourth-order valence-corrected chi connectivity index (χ4v) is 1.54. The molecule has 0 saturated heterocycles. The van der Waals surface area contributed by atoms with Gasteiger partial charge in [-0.25, -0.2) is 0 Å². The quantitative estimate of drug-likeness (QED) is 0.786. The van der Waals surface area contributed by atoms with E-state index in [9.17, 15) is 4.79 Å². The van der Waals surface area contributed by atoms with Crippen molar-refractivity contribution in [2.24, 2.45) is 0 Å². The van der Waals surface area contributed by atoms with Gasteiger partial charge in [-0.15, -0.1) is 0 Å². The highest BCUT2D eigenvalue weighted by atomic mass is 35.5. The number of nitrogens with zero attached hydrogens (tertiary/aromatic N) is 1. The molecule has 4 nitrogen and oxygen atoms in total. The maximum Gasteiger partial charge on any atom is 0.221 e. The summed E-state index contributed by atoms with van der Waals surface area (Å²) in [7, 11) is 3.50. The zero-order valence-electron chi connectivity index (χ0n) is 9.46. The average Bonchev–Trinajstić information content (AvgIpc) is 2.29. The van der Waals surface area contributed by atoms with Gasteiger partial charge in [0.05, 0.1) is 16.4 Å². The van der Waals surface area contributed by atoms with Gasteiger partial charge in [0.25, 0.3) is 0 Å². The van der Waals surface area contributed by atoms with Crippen molar-refractivity contribution in [3.63, 3.8) is 0 Å². The van der Waals surface area contributed by atoms with Crippen molar-refractivity contribution in [3.8, 4) is 0 Å². The Labute approximate surface area is 100 Å². The van der Waals surface area contributed by atoms with Gasteiger partial charge in [-0.05, 0) is 12.1 Å². The first-order chi connectivity index (χ1) is 7.56. The summed E-state index contributed by atoms with van der Waals surface area (Å²) in [6.45, 7) is 0.601. The lowest BCUT2D eigenvalue weighted by atomic mass is 10.2. The lowest BCUT2D eigenvalue weighted by molar-refractivity contribution is -0.120. The van der Waals surface area contributed by atoms with Gasteiger partial charge in [0.1, 0.15) is 0 Å². The Morgan fingerprint density at radius 1 is 1.56 bits per heavy atom. The van der Waals surface area contributed by atoms with Crippen LogP contribution in [0.5, 0.6) is 0 Å². The van der Waals surface area contributed by atoms with Gasteiger partial charge in [-0.1, -0.05) is 17.7 Å². The van der Waals surface area contributed by atoms with E-state index in [1.54, 1.807) is 13.1 Å². The predicted molar refractivity (Wildman–Crippen MR) is 67.8 cm³/mol. The lowest BCUT2D eigenvalue weighted by Gasteiger charge is -2.21. The summed E-state index contributed by atoms with van der Waals surface area (Å²) in [4.78, 5) is 13.0. The molecule has 0 aromatic heterocycles. The molecule has 3 N–H and O–H groups in total. The van der Waals surface area contributed by atoms with Crippen molar-refractivity contribution in [2.45, 2.75) is 6.42 Å². The molecule has 0 fully saturated rings. The molecule has 1 aromatic carbocycles. The number of para-hydroxylation sites is 1. The maximum atomic E-state index is 11.1. The van der Waals surface area contributed by atoms with E-state index in [4.69, 9.17) is 17.3 Å². The number of hydrogen-bond donors (Lipinski definition) is 2. The molecule has 0 aliphatic carbocycles. The van der Waals surface area contributed by atoms with Gasteiger partial charge in [0.2, 0.25) is 5.91 Å². The summed E-state index contributed by atoms with van der Waals surface area (Å²) in [5, 5.41) is 3.11. The highest BCUT2D eigenvalue weighted by Gasteiger charge is 2.08. The molecular weight excluding hydrogens is 226 g/mol. The second kappa shape index (κ2) is 5.61. The number of hydrogen-bond acceptors (Lipinski definition) is 3. The van der Waals surface area contributed by atoms with E-state index in [2.05, 4.69) is 5.32 Å². The van der Waals surface area contributed by atoms with Crippen LogP contribution in [0.15, 0.2) is 18.2 Å². The van der Waals surface area contributed by atoms with Crippen molar-refractivity contribution < 1.29 is 4.79 Å². The number of benzene rings is 1. The first-order valence-electron chi connectivity index (χ1n) is 5.02. The van der Waals surface area contributed by atoms with E-state index >= 15 is 0 Å². The van der Waals surface area contributed by atoms with Crippen LogP contribution in [-0.2, 0) is 4.79 Å². The van der Waals surface area contributed by atoms with Gasteiger partial charge >= 0.3 is 0 Å². The van der Waals surface area contributed by atoms with E-state index in [-0.39, 0.29) is 5.91 Å². The zero-order valence-corrected chi connectivity index (χ0v) is 10.2. The largest absolute Gasteiger partial charge is 0.396 e. The van der Waals surface area contributed by atoms with Crippen LogP contribution in [0, 0.1) is 0 Å².